The number of aliphatic hydroxyl groups is 1. The molecule has 0 radical (unpaired) electrons. The molecule has 5 heteroatoms. The molecule has 1 atom stereocenters. The number of aliphatic hydroxyl groups excluding tert-OH is 1. The van der Waals surface area contributed by atoms with Crippen LogP contribution in [0.1, 0.15) is 19.3 Å². The minimum absolute atomic E-state index is 0.0510. The van der Waals surface area contributed by atoms with Crippen molar-refractivity contribution in [1.82, 2.24) is 9.80 Å². The maximum atomic E-state index is 11.9. The number of nitrogens with zero attached hydrogens (tertiary/aromatic N) is 2. The SMILES string of the molecule is O=C1C2CCCN2C(=O)CN1CCCO. The highest BCUT2D eigenvalue weighted by Gasteiger charge is 2.41. The van der Waals surface area contributed by atoms with Crippen LogP contribution in [0, 0.1) is 0 Å². The van der Waals surface area contributed by atoms with E-state index >= 15 is 0 Å². The molecule has 0 aliphatic carbocycles. The Hall–Kier alpha value is -1.10. The third kappa shape index (κ3) is 1.84. The molecule has 2 amide bonds. The molecule has 0 aromatic rings. The molecule has 1 N–H and O–H groups in total. The van der Waals surface area contributed by atoms with Gasteiger partial charge in [0.05, 0.1) is 6.54 Å². The summed E-state index contributed by atoms with van der Waals surface area (Å²) in [6.45, 7) is 1.47. The first-order chi connectivity index (χ1) is 7.24. The van der Waals surface area contributed by atoms with Crippen molar-refractivity contribution < 1.29 is 14.7 Å². The fourth-order valence-electron chi connectivity index (χ4n) is 2.32. The summed E-state index contributed by atoms with van der Waals surface area (Å²) < 4.78 is 0. The van der Waals surface area contributed by atoms with Crippen LogP contribution in [-0.4, -0.2) is 59.0 Å². The number of carbonyl (C=O) groups excluding carboxylic acids is 2. The molecule has 2 rings (SSSR count). The molecule has 15 heavy (non-hydrogen) atoms. The van der Waals surface area contributed by atoms with Gasteiger partial charge in [-0.2, -0.15) is 0 Å². The summed E-state index contributed by atoms with van der Waals surface area (Å²) in [7, 11) is 0. The van der Waals surface area contributed by atoms with Crippen molar-refractivity contribution >= 4 is 11.8 Å². The first-order valence-electron chi connectivity index (χ1n) is 5.43. The van der Waals surface area contributed by atoms with E-state index in [1.54, 1.807) is 9.80 Å². The van der Waals surface area contributed by atoms with Crippen molar-refractivity contribution in [2.24, 2.45) is 0 Å². The van der Waals surface area contributed by atoms with E-state index < -0.39 is 0 Å². The molecule has 0 spiro atoms. The van der Waals surface area contributed by atoms with Crippen molar-refractivity contribution in [2.45, 2.75) is 25.3 Å². The van der Waals surface area contributed by atoms with Gasteiger partial charge in [0, 0.05) is 19.7 Å². The number of rotatable bonds is 3. The summed E-state index contributed by atoms with van der Waals surface area (Å²) in [5.74, 6) is 0.107. The Morgan fingerprint density at radius 2 is 2.20 bits per heavy atom. The summed E-state index contributed by atoms with van der Waals surface area (Å²) in [5, 5.41) is 8.70. The Morgan fingerprint density at radius 3 is 2.93 bits per heavy atom. The molecule has 5 nitrogen and oxygen atoms in total. The predicted molar refractivity (Wildman–Crippen MR) is 53.0 cm³/mol. The fraction of sp³-hybridized carbons (Fsp3) is 0.800. The van der Waals surface area contributed by atoms with Gasteiger partial charge in [-0.1, -0.05) is 0 Å². The van der Waals surface area contributed by atoms with Crippen LogP contribution < -0.4 is 0 Å². The average Bonchev–Trinajstić information content (AvgIpc) is 2.70. The van der Waals surface area contributed by atoms with Gasteiger partial charge >= 0.3 is 0 Å². The molecule has 2 fully saturated rings. The lowest BCUT2D eigenvalue weighted by atomic mass is 10.1. The van der Waals surface area contributed by atoms with Crippen LogP contribution in [0.4, 0.5) is 0 Å². The monoisotopic (exact) mass is 212 g/mol. The first-order valence-corrected chi connectivity index (χ1v) is 5.43. The normalized spacial score (nSPS) is 26.1. The Balaban J connectivity index is 2.03. The van der Waals surface area contributed by atoms with Crippen molar-refractivity contribution in [1.29, 1.82) is 0 Å². The topological polar surface area (TPSA) is 60.9 Å². The largest absolute Gasteiger partial charge is 0.396 e. The molecule has 2 saturated heterocycles. The summed E-state index contributed by atoms with van der Waals surface area (Å²) in [6, 6.07) is -0.218. The number of amides is 2. The Morgan fingerprint density at radius 1 is 1.40 bits per heavy atom. The molecule has 0 saturated carbocycles. The molecule has 1 unspecified atom stereocenters. The summed E-state index contributed by atoms with van der Waals surface area (Å²) in [4.78, 5) is 26.8. The highest BCUT2D eigenvalue weighted by Crippen LogP contribution is 2.23. The van der Waals surface area contributed by atoms with E-state index in [1.807, 2.05) is 0 Å². The van der Waals surface area contributed by atoms with Crippen LogP contribution in [0.15, 0.2) is 0 Å². The van der Waals surface area contributed by atoms with Gasteiger partial charge in [0.1, 0.15) is 6.04 Å². The van der Waals surface area contributed by atoms with Gasteiger partial charge in [-0.3, -0.25) is 9.59 Å². The minimum Gasteiger partial charge on any atom is -0.396 e. The lowest BCUT2D eigenvalue weighted by Gasteiger charge is -2.36. The molecule has 0 aromatic carbocycles. The van der Waals surface area contributed by atoms with Gasteiger partial charge in [0.15, 0.2) is 0 Å². The van der Waals surface area contributed by atoms with E-state index in [0.29, 0.717) is 13.0 Å². The Bertz CT molecular complexity index is 280. The van der Waals surface area contributed by atoms with Crippen molar-refractivity contribution in [3.05, 3.63) is 0 Å². The number of hydrogen-bond acceptors (Lipinski definition) is 3. The van der Waals surface area contributed by atoms with E-state index in [2.05, 4.69) is 0 Å². The van der Waals surface area contributed by atoms with E-state index in [1.165, 1.54) is 0 Å². The Labute approximate surface area is 88.6 Å². The smallest absolute Gasteiger partial charge is 0.245 e. The van der Waals surface area contributed by atoms with Gasteiger partial charge in [-0.05, 0) is 19.3 Å². The van der Waals surface area contributed by atoms with E-state index in [-0.39, 0.29) is 31.0 Å². The van der Waals surface area contributed by atoms with E-state index in [4.69, 9.17) is 5.11 Å². The zero-order valence-corrected chi connectivity index (χ0v) is 8.69. The van der Waals surface area contributed by atoms with Crippen LogP contribution in [-0.2, 0) is 9.59 Å². The van der Waals surface area contributed by atoms with Gasteiger partial charge in [-0.15, -0.1) is 0 Å². The zero-order valence-electron chi connectivity index (χ0n) is 8.69. The number of fused-ring (bicyclic) bond motifs is 1. The standard InChI is InChI=1S/C10H16N2O3/c13-6-2-4-11-7-9(14)12-5-1-3-8(12)10(11)15/h8,13H,1-7H2. The number of carbonyl (C=O) groups is 2. The molecule has 84 valence electrons. The Kier molecular flexibility index (Phi) is 2.90. The first kappa shape index (κ1) is 10.4. The van der Waals surface area contributed by atoms with Gasteiger partial charge in [0.25, 0.3) is 0 Å². The second-order valence-electron chi connectivity index (χ2n) is 4.08. The summed E-state index contributed by atoms with van der Waals surface area (Å²) in [5.41, 5.74) is 0. The van der Waals surface area contributed by atoms with Gasteiger partial charge < -0.3 is 14.9 Å². The molecule has 2 heterocycles. The predicted octanol–water partition coefficient (Wildman–Crippen LogP) is -0.798. The van der Waals surface area contributed by atoms with Crippen LogP contribution in [0.5, 0.6) is 0 Å². The number of hydrogen-bond donors (Lipinski definition) is 1. The lowest BCUT2D eigenvalue weighted by molar-refractivity contribution is -0.153. The van der Waals surface area contributed by atoms with Crippen molar-refractivity contribution in [2.75, 3.05) is 26.2 Å². The second kappa shape index (κ2) is 4.18. The van der Waals surface area contributed by atoms with Gasteiger partial charge in [-0.25, -0.2) is 0 Å². The second-order valence-corrected chi connectivity index (χ2v) is 4.08. The molecule has 2 aliphatic heterocycles. The third-order valence-corrected chi connectivity index (χ3v) is 3.08. The van der Waals surface area contributed by atoms with Crippen LogP contribution in [0.25, 0.3) is 0 Å². The lowest BCUT2D eigenvalue weighted by Crippen LogP contribution is -2.57. The van der Waals surface area contributed by atoms with Crippen molar-refractivity contribution in [3.8, 4) is 0 Å². The van der Waals surface area contributed by atoms with Crippen molar-refractivity contribution in [3.63, 3.8) is 0 Å². The average molecular weight is 212 g/mol. The molecular weight excluding hydrogens is 196 g/mol. The molecular formula is C10H16N2O3. The maximum Gasteiger partial charge on any atom is 0.245 e. The maximum absolute atomic E-state index is 11.9. The van der Waals surface area contributed by atoms with Crippen LogP contribution >= 0.6 is 0 Å². The number of piperazine rings is 1. The van der Waals surface area contributed by atoms with E-state index in [0.717, 1.165) is 19.4 Å². The van der Waals surface area contributed by atoms with Crippen LogP contribution in [0.3, 0.4) is 0 Å². The molecule has 0 aromatic heterocycles. The summed E-state index contributed by atoms with van der Waals surface area (Å²) in [6.07, 6.45) is 2.27. The fourth-order valence-corrected chi connectivity index (χ4v) is 2.32. The van der Waals surface area contributed by atoms with Crippen LogP contribution in [0.2, 0.25) is 0 Å². The molecule has 0 bridgehead atoms. The minimum atomic E-state index is -0.218. The zero-order chi connectivity index (χ0) is 10.8. The van der Waals surface area contributed by atoms with Gasteiger partial charge in [0.2, 0.25) is 11.8 Å². The van der Waals surface area contributed by atoms with E-state index in [9.17, 15) is 9.59 Å². The highest BCUT2D eigenvalue weighted by atomic mass is 16.3. The summed E-state index contributed by atoms with van der Waals surface area (Å²) >= 11 is 0. The molecule has 2 aliphatic rings. The quantitative estimate of drug-likeness (QED) is 0.666. The third-order valence-electron chi connectivity index (χ3n) is 3.08. The highest BCUT2D eigenvalue weighted by molar-refractivity contribution is 5.95.